The number of phenols is 1. The molecule has 0 heterocycles. The highest BCUT2D eigenvalue weighted by atomic mass is 16.5. The summed E-state index contributed by atoms with van der Waals surface area (Å²) in [5, 5.41) is 20.0. The van der Waals surface area contributed by atoms with E-state index in [4.69, 9.17) is 5.21 Å². The first-order chi connectivity index (χ1) is 6.33. The fraction of sp³-hybridized carbons (Fsp3) is 0. The highest BCUT2D eigenvalue weighted by molar-refractivity contribution is 5.92. The van der Waals surface area contributed by atoms with Crippen LogP contribution in [0.25, 0.3) is 10.8 Å². The minimum absolute atomic E-state index is 0.0700. The van der Waals surface area contributed by atoms with Crippen molar-refractivity contribution in [2.45, 2.75) is 0 Å². The van der Waals surface area contributed by atoms with Crippen LogP contribution in [0.5, 0.6) is 5.75 Å². The minimum atomic E-state index is 0.0700. The number of benzene rings is 2. The standard InChI is InChI=1S/C10H9NO2/c12-10-8-4-2-1-3-7(8)5-6-9(10)11-13/h1-6,11-13H. The molecule has 0 saturated carbocycles. The third-order valence-corrected chi connectivity index (χ3v) is 2.02. The van der Waals surface area contributed by atoms with Gasteiger partial charge in [0.1, 0.15) is 11.4 Å². The number of aromatic hydroxyl groups is 1. The quantitative estimate of drug-likeness (QED) is 0.460. The molecule has 0 saturated heterocycles. The van der Waals surface area contributed by atoms with E-state index in [0.717, 1.165) is 10.8 Å². The van der Waals surface area contributed by atoms with Crippen LogP contribution in [-0.2, 0) is 0 Å². The molecule has 66 valence electrons. The van der Waals surface area contributed by atoms with E-state index in [1.165, 1.54) is 0 Å². The number of phenolic OH excluding ortho intramolecular Hbond substituents is 1. The molecule has 13 heavy (non-hydrogen) atoms. The van der Waals surface area contributed by atoms with Crippen LogP contribution in [0.2, 0.25) is 0 Å². The molecule has 0 atom stereocenters. The Kier molecular flexibility index (Phi) is 1.79. The lowest BCUT2D eigenvalue weighted by Crippen LogP contribution is -1.89. The maximum atomic E-state index is 9.63. The summed E-state index contributed by atoms with van der Waals surface area (Å²) in [6.07, 6.45) is 0. The van der Waals surface area contributed by atoms with E-state index in [1.54, 1.807) is 12.1 Å². The summed E-state index contributed by atoms with van der Waals surface area (Å²) in [5.41, 5.74) is 2.26. The lowest BCUT2D eigenvalue weighted by molar-refractivity contribution is 0.382. The third-order valence-electron chi connectivity index (χ3n) is 2.02. The molecule has 2 aromatic carbocycles. The zero-order valence-corrected chi connectivity index (χ0v) is 6.86. The van der Waals surface area contributed by atoms with Gasteiger partial charge in [0.25, 0.3) is 0 Å². The van der Waals surface area contributed by atoms with Gasteiger partial charge in [-0.05, 0) is 11.5 Å². The molecule has 0 aromatic heterocycles. The van der Waals surface area contributed by atoms with E-state index in [-0.39, 0.29) is 5.75 Å². The van der Waals surface area contributed by atoms with Gasteiger partial charge in [0, 0.05) is 5.39 Å². The molecule has 0 aliphatic carbocycles. The highest BCUT2D eigenvalue weighted by Gasteiger charge is 2.03. The van der Waals surface area contributed by atoms with Crippen molar-refractivity contribution >= 4 is 16.5 Å². The van der Waals surface area contributed by atoms with Gasteiger partial charge in [0.15, 0.2) is 0 Å². The molecule has 2 aromatic rings. The van der Waals surface area contributed by atoms with Crippen LogP contribution in [0, 0.1) is 0 Å². The van der Waals surface area contributed by atoms with Crippen LogP contribution in [0.15, 0.2) is 36.4 Å². The third kappa shape index (κ3) is 1.19. The van der Waals surface area contributed by atoms with E-state index >= 15 is 0 Å². The summed E-state index contributed by atoms with van der Waals surface area (Å²) >= 11 is 0. The van der Waals surface area contributed by atoms with Crippen LogP contribution in [-0.4, -0.2) is 10.3 Å². The Hall–Kier alpha value is -1.74. The Morgan fingerprint density at radius 1 is 1.00 bits per heavy atom. The maximum absolute atomic E-state index is 9.63. The normalized spacial score (nSPS) is 10.2. The van der Waals surface area contributed by atoms with Gasteiger partial charge in [-0.25, -0.2) is 0 Å². The lowest BCUT2D eigenvalue weighted by Gasteiger charge is -2.05. The number of nitrogens with one attached hydrogen (secondary N) is 1. The topological polar surface area (TPSA) is 52.5 Å². The van der Waals surface area contributed by atoms with Gasteiger partial charge in [0.05, 0.1) is 0 Å². The van der Waals surface area contributed by atoms with Gasteiger partial charge in [0.2, 0.25) is 0 Å². The molecule has 0 aliphatic rings. The van der Waals surface area contributed by atoms with Crippen molar-refractivity contribution in [1.82, 2.24) is 0 Å². The average Bonchev–Trinajstić information content (AvgIpc) is 2.19. The van der Waals surface area contributed by atoms with Crippen LogP contribution in [0.3, 0.4) is 0 Å². The summed E-state index contributed by atoms with van der Waals surface area (Å²) in [6.45, 7) is 0. The summed E-state index contributed by atoms with van der Waals surface area (Å²) in [6, 6.07) is 10.9. The molecular weight excluding hydrogens is 166 g/mol. The minimum Gasteiger partial charge on any atom is -0.505 e. The van der Waals surface area contributed by atoms with E-state index in [0.29, 0.717) is 5.69 Å². The molecule has 0 unspecified atom stereocenters. The number of fused-ring (bicyclic) bond motifs is 1. The molecule has 0 fully saturated rings. The Bertz CT molecular complexity index is 440. The molecule has 0 amide bonds. The predicted molar refractivity (Wildman–Crippen MR) is 51.0 cm³/mol. The SMILES string of the molecule is ONc1ccc2ccccc2c1O. The average molecular weight is 175 g/mol. The molecule has 3 nitrogen and oxygen atoms in total. The van der Waals surface area contributed by atoms with E-state index < -0.39 is 0 Å². The van der Waals surface area contributed by atoms with E-state index in [9.17, 15) is 5.11 Å². The fourth-order valence-corrected chi connectivity index (χ4v) is 1.35. The summed E-state index contributed by atoms with van der Waals surface area (Å²) in [4.78, 5) is 0. The molecule has 3 N–H and O–H groups in total. The van der Waals surface area contributed by atoms with E-state index in [2.05, 4.69) is 0 Å². The Morgan fingerprint density at radius 2 is 1.77 bits per heavy atom. The molecule has 0 spiro atoms. The Balaban J connectivity index is 2.79. The first-order valence-corrected chi connectivity index (χ1v) is 3.94. The van der Waals surface area contributed by atoms with Gasteiger partial charge in [-0.1, -0.05) is 30.3 Å². The molecule has 0 bridgehead atoms. The van der Waals surface area contributed by atoms with Crippen molar-refractivity contribution in [3.8, 4) is 5.75 Å². The zero-order chi connectivity index (χ0) is 9.26. The summed E-state index contributed by atoms with van der Waals surface area (Å²) in [5.74, 6) is 0.0700. The molecule has 2 rings (SSSR count). The van der Waals surface area contributed by atoms with Crippen molar-refractivity contribution in [2.75, 3.05) is 5.48 Å². The van der Waals surface area contributed by atoms with Gasteiger partial charge in [-0.3, -0.25) is 10.7 Å². The molecular formula is C10H9NO2. The summed E-state index contributed by atoms with van der Waals surface area (Å²) in [7, 11) is 0. The number of hydrogen-bond donors (Lipinski definition) is 3. The molecule has 0 radical (unpaired) electrons. The van der Waals surface area contributed by atoms with Gasteiger partial charge < -0.3 is 5.11 Å². The van der Waals surface area contributed by atoms with Crippen molar-refractivity contribution in [3.05, 3.63) is 36.4 Å². The molecule has 3 heteroatoms. The highest BCUT2D eigenvalue weighted by Crippen LogP contribution is 2.31. The number of hydrogen-bond acceptors (Lipinski definition) is 3. The lowest BCUT2D eigenvalue weighted by atomic mass is 10.1. The van der Waals surface area contributed by atoms with E-state index in [1.807, 2.05) is 29.7 Å². The largest absolute Gasteiger partial charge is 0.505 e. The zero-order valence-electron chi connectivity index (χ0n) is 6.86. The van der Waals surface area contributed by atoms with Crippen LogP contribution >= 0.6 is 0 Å². The van der Waals surface area contributed by atoms with Gasteiger partial charge in [-0.15, -0.1) is 0 Å². The van der Waals surface area contributed by atoms with Gasteiger partial charge in [-0.2, -0.15) is 0 Å². The number of anilines is 1. The van der Waals surface area contributed by atoms with Crippen LogP contribution in [0.1, 0.15) is 0 Å². The van der Waals surface area contributed by atoms with Crippen molar-refractivity contribution < 1.29 is 10.3 Å². The smallest absolute Gasteiger partial charge is 0.148 e. The Labute approximate surface area is 75.2 Å². The second kappa shape index (κ2) is 2.95. The maximum Gasteiger partial charge on any atom is 0.148 e. The fourth-order valence-electron chi connectivity index (χ4n) is 1.35. The van der Waals surface area contributed by atoms with Crippen molar-refractivity contribution in [2.24, 2.45) is 0 Å². The monoisotopic (exact) mass is 175 g/mol. The van der Waals surface area contributed by atoms with Crippen LogP contribution in [0.4, 0.5) is 5.69 Å². The second-order valence-corrected chi connectivity index (χ2v) is 2.79. The number of rotatable bonds is 1. The van der Waals surface area contributed by atoms with Crippen molar-refractivity contribution in [1.29, 1.82) is 0 Å². The van der Waals surface area contributed by atoms with Crippen LogP contribution < -0.4 is 5.48 Å². The second-order valence-electron chi connectivity index (χ2n) is 2.79. The van der Waals surface area contributed by atoms with Gasteiger partial charge >= 0.3 is 0 Å². The predicted octanol–water partition coefficient (Wildman–Crippen LogP) is 2.35. The Morgan fingerprint density at radius 3 is 2.54 bits per heavy atom. The first kappa shape index (κ1) is 7.89. The summed E-state index contributed by atoms with van der Waals surface area (Å²) < 4.78 is 0. The molecule has 0 aliphatic heterocycles. The first-order valence-electron chi connectivity index (χ1n) is 3.94. The van der Waals surface area contributed by atoms with Crippen molar-refractivity contribution in [3.63, 3.8) is 0 Å².